The van der Waals surface area contributed by atoms with Crippen LogP contribution in [0.15, 0.2) is 0 Å². The second kappa shape index (κ2) is 7.94. The van der Waals surface area contributed by atoms with Crippen molar-refractivity contribution >= 4 is 0 Å². The lowest BCUT2D eigenvalue weighted by molar-refractivity contribution is -0.901. The standard InChI is InChI=1S/C7H17NO3/c9-5-1-2-8(3-6-10)4-7-11/h9-11H,1-7H2/p+1. The third kappa shape index (κ3) is 6.25. The molecular formula is C7H18NO3+. The Morgan fingerprint density at radius 3 is 1.64 bits per heavy atom. The van der Waals surface area contributed by atoms with E-state index < -0.39 is 0 Å². The third-order valence-electron chi connectivity index (χ3n) is 1.62. The van der Waals surface area contributed by atoms with Crippen molar-refractivity contribution in [3.8, 4) is 0 Å². The number of aliphatic hydroxyl groups is 3. The molecule has 4 heteroatoms. The van der Waals surface area contributed by atoms with Crippen LogP contribution in [0.25, 0.3) is 0 Å². The fourth-order valence-electron chi connectivity index (χ4n) is 1.02. The Bertz CT molecular complexity index is 74.1. The van der Waals surface area contributed by atoms with E-state index in [-0.39, 0.29) is 19.8 Å². The van der Waals surface area contributed by atoms with Gasteiger partial charge < -0.3 is 20.2 Å². The average molecular weight is 164 g/mol. The van der Waals surface area contributed by atoms with Gasteiger partial charge >= 0.3 is 0 Å². The van der Waals surface area contributed by atoms with Gasteiger partial charge in [-0.05, 0) is 0 Å². The summed E-state index contributed by atoms with van der Waals surface area (Å²) < 4.78 is 0. The zero-order valence-corrected chi connectivity index (χ0v) is 6.79. The molecule has 0 aromatic heterocycles. The molecule has 0 saturated carbocycles. The summed E-state index contributed by atoms with van der Waals surface area (Å²) in [7, 11) is 0. The van der Waals surface area contributed by atoms with Crippen molar-refractivity contribution in [3.63, 3.8) is 0 Å². The van der Waals surface area contributed by atoms with E-state index in [2.05, 4.69) is 0 Å². The first-order valence-corrected chi connectivity index (χ1v) is 4.01. The Balaban J connectivity index is 3.34. The molecular weight excluding hydrogens is 146 g/mol. The molecule has 4 N–H and O–H groups in total. The van der Waals surface area contributed by atoms with E-state index in [1.165, 1.54) is 0 Å². The van der Waals surface area contributed by atoms with Crippen LogP contribution in [-0.4, -0.2) is 54.8 Å². The molecule has 0 amide bonds. The van der Waals surface area contributed by atoms with Crippen LogP contribution in [0.2, 0.25) is 0 Å². The second-order valence-electron chi connectivity index (χ2n) is 2.52. The number of quaternary nitrogens is 1. The van der Waals surface area contributed by atoms with E-state index in [0.717, 1.165) is 17.9 Å². The second-order valence-corrected chi connectivity index (χ2v) is 2.52. The molecule has 0 aliphatic rings. The van der Waals surface area contributed by atoms with Gasteiger partial charge in [-0.25, -0.2) is 0 Å². The van der Waals surface area contributed by atoms with Crippen LogP contribution >= 0.6 is 0 Å². The van der Waals surface area contributed by atoms with Gasteiger partial charge in [0.1, 0.15) is 13.1 Å². The zero-order chi connectivity index (χ0) is 8.53. The van der Waals surface area contributed by atoms with Crippen LogP contribution in [0.5, 0.6) is 0 Å². The van der Waals surface area contributed by atoms with Crippen molar-refractivity contribution < 1.29 is 20.2 Å². The molecule has 0 heterocycles. The summed E-state index contributed by atoms with van der Waals surface area (Å²) in [6.45, 7) is 2.58. The summed E-state index contributed by atoms with van der Waals surface area (Å²) in [4.78, 5) is 1.14. The maximum absolute atomic E-state index is 8.60. The Hall–Kier alpha value is -0.160. The molecule has 0 unspecified atom stereocenters. The highest BCUT2D eigenvalue weighted by Gasteiger charge is 2.04. The average Bonchev–Trinajstić information content (AvgIpc) is 2.01. The first-order valence-electron chi connectivity index (χ1n) is 4.01. The molecule has 0 radical (unpaired) electrons. The Morgan fingerprint density at radius 1 is 0.727 bits per heavy atom. The maximum Gasteiger partial charge on any atom is 0.101 e. The molecule has 0 aromatic carbocycles. The number of hydrogen-bond acceptors (Lipinski definition) is 3. The summed E-state index contributed by atoms with van der Waals surface area (Å²) in [5.74, 6) is 0. The van der Waals surface area contributed by atoms with Crippen molar-refractivity contribution in [1.82, 2.24) is 0 Å². The van der Waals surface area contributed by atoms with Crippen LogP contribution in [0.3, 0.4) is 0 Å². The number of nitrogens with one attached hydrogen (secondary N) is 1. The number of aliphatic hydroxyl groups excluding tert-OH is 3. The molecule has 0 rings (SSSR count). The van der Waals surface area contributed by atoms with Gasteiger partial charge in [0.05, 0.1) is 19.8 Å². The summed E-state index contributed by atoms with van der Waals surface area (Å²) in [5, 5.41) is 25.7. The normalized spacial score (nSPS) is 10.9. The van der Waals surface area contributed by atoms with Gasteiger partial charge in [0.2, 0.25) is 0 Å². The summed E-state index contributed by atoms with van der Waals surface area (Å²) >= 11 is 0. The van der Waals surface area contributed by atoms with Gasteiger partial charge in [0.25, 0.3) is 0 Å². The molecule has 4 nitrogen and oxygen atoms in total. The predicted octanol–water partition coefficient (Wildman–Crippen LogP) is -2.76. The summed E-state index contributed by atoms with van der Waals surface area (Å²) in [5.41, 5.74) is 0. The third-order valence-corrected chi connectivity index (χ3v) is 1.62. The van der Waals surface area contributed by atoms with Crippen LogP contribution < -0.4 is 4.90 Å². The van der Waals surface area contributed by atoms with Gasteiger partial charge in [-0.3, -0.25) is 0 Å². The molecule has 0 aromatic rings. The topological polar surface area (TPSA) is 65.1 Å². The van der Waals surface area contributed by atoms with Crippen LogP contribution in [-0.2, 0) is 0 Å². The molecule has 0 aliphatic carbocycles. The minimum absolute atomic E-state index is 0.140. The number of rotatable bonds is 7. The maximum atomic E-state index is 8.60. The van der Waals surface area contributed by atoms with E-state index >= 15 is 0 Å². The SMILES string of the molecule is OCCC[NH+](CCO)CCO. The lowest BCUT2D eigenvalue weighted by Gasteiger charge is -2.16. The fraction of sp³-hybridized carbons (Fsp3) is 1.00. The highest BCUT2D eigenvalue weighted by Crippen LogP contribution is 1.66. The van der Waals surface area contributed by atoms with Gasteiger partial charge in [-0.15, -0.1) is 0 Å². The summed E-state index contributed by atoms with van der Waals surface area (Å²) in [6.07, 6.45) is 0.731. The van der Waals surface area contributed by atoms with Gasteiger partial charge in [-0.2, -0.15) is 0 Å². The largest absolute Gasteiger partial charge is 0.396 e. The minimum atomic E-state index is 0.140. The van der Waals surface area contributed by atoms with Crippen LogP contribution in [0, 0.1) is 0 Å². The lowest BCUT2D eigenvalue weighted by atomic mass is 10.4. The minimum Gasteiger partial charge on any atom is -0.396 e. The van der Waals surface area contributed by atoms with Gasteiger partial charge in [0.15, 0.2) is 0 Å². The first kappa shape index (κ1) is 10.8. The summed E-state index contributed by atoms with van der Waals surface area (Å²) in [6, 6.07) is 0. The van der Waals surface area contributed by atoms with E-state index in [1.807, 2.05) is 0 Å². The monoisotopic (exact) mass is 164 g/mol. The van der Waals surface area contributed by atoms with Crippen molar-refractivity contribution in [2.75, 3.05) is 39.5 Å². The van der Waals surface area contributed by atoms with E-state index in [9.17, 15) is 0 Å². The predicted molar refractivity (Wildman–Crippen MR) is 41.4 cm³/mol. The van der Waals surface area contributed by atoms with Crippen LogP contribution in [0.1, 0.15) is 6.42 Å². The molecule has 0 bridgehead atoms. The van der Waals surface area contributed by atoms with E-state index in [1.54, 1.807) is 0 Å². The van der Waals surface area contributed by atoms with Crippen molar-refractivity contribution in [3.05, 3.63) is 0 Å². The van der Waals surface area contributed by atoms with Crippen molar-refractivity contribution in [1.29, 1.82) is 0 Å². The fourth-order valence-corrected chi connectivity index (χ4v) is 1.02. The molecule has 11 heavy (non-hydrogen) atoms. The Labute approximate surface area is 67.1 Å². The van der Waals surface area contributed by atoms with Gasteiger partial charge in [0, 0.05) is 13.0 Å². The quantitative estimate of drug-likeness (QED) is 0.329. The molecule has 0 fully saturated rings. The number of hydrogen-bond donors (Lipinski definition) is 4. The molecule has 68 valence electrons. The molecule has 0 saturated heterocycles. The highest BCUT2D eigenvalue weighted by atomic mass is 16.3. The van der Waals surface area contributed by atoms with Crippen molar-refractivity contribution in [2.24, 2.45) is 0 Å². The lowest BCUT2D eigenvalue weighted by Crippen LogP contribution is -3.13. The Kier molecular flexibility index (Phi) is 7.83. The van der Waals surface area contributed by atoms with E-state index in [0.29, 0.717) is 13.1 Å². The zero-order valence-electron chi connectivity index (χ0n) is 6.79. The smallest absolute Gasteiger partial charge is 0.101 e. The van der Waals surface area contributed by atoms with Gasteiger partial charge in [-0.1, -0.05) is 0 Å². The van der Waals surface area contributed by atoms with Crippen LogP contribution in [0.4, 0.5) is 0 Å². The van der Waals surface area contributed by atoms with E-state index in [4.69, 9.17) is 15.3 Å². The van der Waals surface area contributed by atoms with Crippen molar-refractivity contribution in [2.45, 2.75) is 6.42 Å². The highest BCUT2D eigenvalue weighted by molar-refractivity contribution is 4.32. The Morgan fingerprint density at radius 2 is 1.27 bits per heavy atom. The molecule has 0 aliphatic heterocycles. The molecule has 0 atom stereocenters. The first-order chi connectivity index (χ1) is 5.35. The molecule has 0 spiro atoms.